The number of hydrogen-bond acceptors (Lipinski definition) is 4. The van der Waals surface area contributed by atoms with Gasteiger partial charge in [-0.25, -0.2) is 0 Å². The largest absolute Gasteiger partial charge is 0.396 e. The number of rotatable bonds is 6. The first kappa shape index (κ1) is 28.3. The minimum absolute atomic E-state index is 0.00463. The molecule has 6 atom stereocenters. The van der Waals surface area contributed by atoms with Gasteiger partial charge in [-0.3, -0.25) is 9.59 Å². The van der Waals surface area contributed by atoms with E-state index in [0.717, 1.165) is 51.4 Å². The molecule has 4 aliphatic rings. The van der Waals surface area contributed by atoms with Crippen molar-refractivity contribution in [3.8, 4) is 6.07 Å². The first-order chi connectivity index (χ1) is 17.2. The molecule has 2 unspecified atom stereocenters. The van der Waals surface area contributed by atoms with Crippen LogP contribution in [0.3, 0.4) is 0 Å². The van der Waals surface area contributed by atoms with Crippen molar-refractivity contribution in [3.05, 3.63) is 23.3 Å². The Morgan fingerprint density at radius 3 is 2.46 bits per heavy atom. The van der Waals surface area contributed by atoms with E-state index >= 15 is 0 Å². The molecule has 0 heterocycles. The van der Waals surface area contributed by atoms with Crippen molar-refractivity contribution in [2.24, 2.45) is 44.8 Å². The molecule has 0 aromatic rings. The van der Waals surface area contributed by atoms with Gasteiger partial charge in [-0.05, 0) is 104 Å². The van der Waals surface area contributed by atoms with Gasteiger partial charge in [0.2, 0.25) is 0 Å². The molecule has 1 N–H and O–H groups in total. The molecule has 4 nitrogen and oxygen atoms in total. The highest BCUT2D eigenvalue weighted by atomic mass is 16.3. The molecule has 37 heavy (non-hydrogen) atoms. The third-order valence-corrected chi connectivity index (χ3v) is 12.1. The normalized spacial score (nSPS) is 39.5. The maximum atomic E-state index is 14.1. The monoisotopic (exact) mass is 507 g/mol. The number of aliphatic hydroxyl groups is 1. The summed E-state index contributed by atoms with van der Waals surface area (Å²) in [7, 11) is 0. The zero-order chi connectivity index (χ0) is 27.4. The molecule has 0 aromatic heterocycles. The van der Waals surface area contributed by atoms with Crippen molar-refractivity contribution < 1.29 is 14.7 Å². The number of ketones is 2. The van der Waals surface area contributed by atoms with Gasteiger partial charge in [-0.2, -0.15) is 5.26 Å². The van der Waals surface area contributed by atoms with Crippen LogP contribution in [0.15, 0.2) is 23.3 Å². The van der Waals surface area contributed by atoms with E-state index < -0.39 is 5.41 Å². The number of fused-ring (bicyclic) bond motifs is 5. The fourth-order valence-corrected chi connectivity index (χ4v) is 9.26. The first-order valence-corrected chi connectivity index (χ1v) is 14.7. The molecule has 0 amide bonds. The maximum Gasteiger partial charge on any atom is 0.178 e. The van der Waals surface area contributed by atoms with E-state index in [2.05, 4.69) is 33.8 Å². The number of allylic oxidation sites excluding steroid dienone is 4. The third-order valence-electron chi connectivity index (χ3n) is 12.1. The highest BCUT2D eigenvalue weighted by Crippen LogP contribution is 2.71. The zero-order valence-corrected chi connectivity index (χ0v) is 24.4. The van der Waals surface area contributed by atoms with Crippen molar-refractivity contribution in [3.63, 3.8) is 0 Å². The van der Waals surface area contributed by atoms with Crippen LogP contribution in [-0.4, -0.2) is 23.3 Å². The van der Waals surface area contributed by atoms with Crippen LogP contribution in [0.2, 0.25) is 0 Å². The van der Waals surface area contributed by atoms with Crippen LogP contribution in [0.4, 0.5) is 0 Å². The van der Waals surface area contributed by atoms with Crippen LogP contribution in [0.1, 0.15) is 113 Å². The Morgan fingerprint density at radius 1 is 1.16 bits per heavy atom. The average molecular weight is 508 g/mol. The van der Waals surface area contributed by atoms with Crippen molar-refractivity contribution >= 4 is 11.6 Å². The molecule has 3 saturated carbocycles. The zero-order valence-electron chi connectivity index (χ0n) is 24.4. The highest BCUT2D eigenvalue weighted by molar-refractivity contribution is 6.03. The molecule has 0 aliphatic heterocycles. The van der Waals surface area contributed by atoms with Crippen LogP contribution >= 0.6 is 0 Å². The second-order valence-corrected chi connectivity index (χ2v) is 14.7. The number of aliphatic hydroxyl groups excluding tert-OH is 1. The Labute approximate surface area is 225 Å². The van der Waals surface area contributed by atoms with Gasteiger partial charge < -0.3 is 5.11 Å². The first-order valence-electron chi connectivity index (χ1n) is 14.7. The van der Waals surface area contributed by atoms with E-state index in [9.17, 15) is 20.0 Å². The Morgan fingerprint density at radius 2 is 1.84 bits per heavy atom. The fourth-order valence-electron chi connectivity index (χ4n) is 9.26. The third kappa shape index (κ3) is 4.28. The molecule has 0 radical (unpaired) electrons. The maximum absolute atomic E-state index is 14.1. The van der Waals surface area contributed by atoms with Crippen LogP contribution in [-0.2, 0) is 9.59 Å². The summed E-state index contributed by atoms with van der Waals surface area (Å²) in [6.07, 6.45) is 13.3. The smallest absolute Gasteiger partial charge is 0.178 e. The van der Waals surface area contributed by atoms with Gasteiger partial charge in [0.15, 0.2) is 11.6 Å². The van der Waals surface area contributed by atoms with E-state index in [1.807, 2.05) is 26.8 Å². The van der Waals surface area contributed by atoms with Gasteiger partial charge in [0.1, 0.15) is 6.07 Å². The number of nitrogens with zero attached hydrogens (tertiary/aromatic N) is 1. The molecule has 0 bridgehead atoms. The minimum Gasteiger partial charge on any atom is -0.396 e. The number of Topliss-reactive ketones (excluding diaryl/α,β-unsaturated/α-hetero) is 1. The molecule has 204 valence electrons. The number of hydrogen-bond donors (Lipinski definition) is 1. The molecule has 0 aromatic carbocycles. The summed E-state index contributed by atoms with van der Waals surface area (Å²) in [6.45, 7) is 15.6. The van der Waals surface area contributed by atoms with Gasteiger partial charge in [-0.1, -0.05) is 60.1 Å². The Bertz CT molecular complexity index is 1060. The highest BCUT2D eigenvalue weighted by Gasteiger charge is 2.66. The predicted molar refractivity (Wildman–Crippen MR) is 147 cm³/mol. The lowest BCUT2D eigenvalue weighted by molar-refractivity contribution is -0.169. The van der Waals surface area contributed by atoms with Crippen LogP contribution in [0.25, 0.3) is 0 Å². The summed E-state index contributed by atoms with van der Waals surface area (Å²) in [5.74, 6) is 0.662. The lowest BCUT2D eigenvalue weighted by Crippen LogP contribution is -2.62. The van der Waals surface area contributed by atoms with Gasteiger partial charge in [0.25, 0.3) is 0 Å². The number of carbonyl (C=O) groups is 2. The average Bonchev–Trinajstić information content (AvgIpc) is 2.83. The van der Waals surface area contributed by atoms with E-state index in [1.54, 1.807) is 6.08 Å². The molecule has 4 heteroatoms. The molecule has 0 saturated heterocycles. The molecule has 4 rings (SSSR count). The number of carbonyl (C=O) groups excluding carboxylic acids is 2. The fraction of sp³-hybridized carbons (Fsp3) is 0.788. The van der Waals surface area contributed by atoms with Crippen molar-refractivity contribution in [1.29, 1.82) is 5.26 Å². The molecular formula is C33H49NO3. The van der Waals surface area contributed by atoms with Crippen molar-refractivity contribution in [1.82, 2.24) is 0 Å². The SMILES string of the molecule is CC/C=C(/C#N)C(=O)C(C)(C)[C@@H]1CC[C@]2(C)C(=CC(=O)C3C4CC(C)(C)CC[C@]4(CCO)CC[C@]32C)C1. The van der Waals surface area contributed by atoms with Crippen LogP contribution in [0, 0.1) is 56.2 Å². The van der Waals surface area contributed by atoms with Crippen molar-refractivity contribution in [2.75, 3.05) is 6.61 Å². The summed E-state index contributed by atoms with van der Waals surface area (Å²) < 4.78 is 0. The summed E-state index contributed by atoms with van der Waals surface area (Å²) in [4.78, 5) is 27.5. The quantitative estimate of drug-likeness (QED) is 0.301. The lowest BCUT2D eigenvalue weighted by atomic mass is 9.37. The van der Waals surface area contributed by atoms with Crippen LogP contribution in [0.5, 0.6) is 0 Å². The summed E-state index contributed by atoms with van der Waals surface area (Å²) in [5, 5.41) is 19.6. The predicted octanol–water partition coefficient (Wildman–Crippen LogP) is 7.37. The van der Waals surface area contributed by atoms with E-state index in [0.29, 0.717) is 12.3 Å². The summed E-state index contributed by atoms with van der Waals surface area (Å²) in [5.41, 5.74) is 0.993. The van der Waals surface area contributed by atoms with Crippen LogP contribution < -0.4 is 0 Å². The topological polar surface area (TPSA) is 78.2 Å². The molecule has 3 fully saturated rings. The standard InChI is InChI=1S/C33H49NO3/c1-8-9-22(21-34)28(37)30(4,5)23-10-11-31(6)24(18-23)19-26(36)27-25-20-29(2,3)12-14-33(25,16-17-35)15-13-32(27,31)7/h9,19,23,25,27,35H,8,10-18,20H2,1-7H3/b22-9-/t23-,25?,27?,31-,32-,33-/m1/s1. The van der Waals surface area contributed by atoms with Gasteiger partial charge >= 0.3 is 0 Å². The second kappa shape index (κ2) is 9.48. The van der Waals surface area contributed by atoms with Crippen molar-refractivity contribution in [2.45, 2.75) is 113 Å². The van der Waals surface area contributed by atoms with Gasteiger partial charge in [0.05, 0.1) is 5.57 Å². The van der Waals surface area contributed by atoms with E-state index in [1.165, 1.54) is 12.0 Å². The minimum atomic E-state index is -0.643. The van der Waals surface area contributed by atoms with E-state index in [4.69, 9.17) is 0 Å². The Hall–Kier alpha value is -1.73. The number of nitriles is 1. The summed E-state index contributed by atoms with van der Waals surface area (Å²) >= 11 is 0. The van der Waals surface area contributed by atoms with Gasteiger partial charge in [0, 0.05) is 17.9 Å². The van der Waals surface area contributed by atoms with E-state index in [-0.39, 0.29) is 57.2 Å². The second-order valence-electron chi connectivity index (χ2n) is 14.7. The lowest BCUT2D eigenvalue weighted by Gasteiger charge is -2.67. The molecule has 0 spiro atoms. The Kier molecular flexibility index (Phi) is 7.24. The van der Waals surface area contributed by atoms with Gasteiger partial charge in [-0.15, -0.1) is 0 Å². The molecule has 4 aliphatic carbocycles. The molecular weight excluding hydrogens is 458 g/mol. The summed E-state index contributed by atoms with van der Waals surface area (Å²) in [6, 6.07) is 2.13. The Balaban J connectivity index is 1.70.